The van der Waals surface area contributed by atoms with Crippen molar-refractivity contribution in [1.29, 1.82) is 0 Å². The largest absolute Gasteiger partial charge is 0.350 e. The fourth-order valence-electron chi connectivity index (χ4n) is 1.58. The van der Waals surface area contributed by atoms with Crippen LogP contribution >= 0.6 is 23.7 Å². The molecule has 1 atom stereocenters. The van der Waals surface area contributed by atoms with E-state index in [-0.39, 0.29) is 18.3 Å². The molecule has 1 heterocycles. The van der Waals surface area contributed by atoms with Gasteiger partial charge in [0.1, 0.15) is 0 Å². The lowest BCUT2D eigenvalue weighted by Gasteiger charge is -2.22. The van der Waals surface area contributed by atoms with E-state index in [0.717, 1.165) is 6.42 Å². The second-order valence-corrected chi connectivity index (χ2v) is 5.38. The van der Waals surface area contributed by atoms with Gasteiger partial charge in [0.05, 0.1) is 12.1 Å². The van der Waals surface area contributed by atoms with Crippen LogP contribution in [0.5, 0.6) is 0 Å². The van der Waals surface area contributed by atoms with Crippen molar-refractivity contribution in [3.05, 3.63) is 21.9 Å². The Morgan fingerprint density at radius 3 is 2.71 bits per heavy atom. The second-order valence-electron chi connectivity index (χ2n) is 4.38. The molecule has 0 saturated heterocycles. The number of nitrogens with one attached hydrogen (secondary N) is 1. The summed E-state index contributed by atoms with van der Waals surface area (Å²) in [5, 5.41) is 4.93. The first-order valence-corrected chi connectivity index (χ1v) is 6.45. The van der Waals surface area contributed by atoms with Crippen molar-refractivity contribution < 1.29 is 4.79 Å². The minimum atomic E-state index is -0.750. The highest BCUT2D eigenvalue weighted by Gasteiger charge is 2.26. The number of carbonyl (C=O) groups excluding carboxylic acids is 1. The summed E-state index contributed by atoms with van der Waals surface area (Å²) in [4.78, 5) is 13.0. The Balaban J connectivity index is 0.00000256. The first-order valence-electron chi connectivity index (χ1n) is 5.57. The fraction of sp³-hybridized carbons (Fsp3) is 0.583. The SMILES string of the molecule is CCCC(C)(N)C(=O)NCc1sccc1C.Cl. The molecule has 98 valence electrons. The van der Waals surface area contributed by atoms with Gasteiger partial charge in [-0.2, -0.15) is 0 Å². The number of aryl methyl sites for hydroxylation is 1. The van der Waals surface area contributed by atoms with E-state index < -0.39 is 5.54 Å². The Hall–Kier alpha value is -0.580. The number of hydrogen-bond acceptors (Lipinski definition) is 3. The fourth-order valence-corrected chi connectivity index (χ4v) is 2.43. The zero-order valence-electron chi connectivity index (χ0n) is 10.6. The average molecular weight is 277 g/mol. The van der Waals surface area contributed by atoms with E-state index in [1.54, 1.807) is 18.3 Å². The minimum Gasteiger partial charge on any atom is -0.350 e. The lowest BCUT2D eigenvalue weighted by molar-refractivity contribution is -0.126. The van der Waals surface area contributed by atoms with Crippen molar-refractivity contribution in [3.8, 4) is 0 Å². The number of rotatable bonds is 5. The topological polar surface area (TPSA) is 55.1 Å². The van der Waals surface area contributed by atoms with Crippen LogP contribution in [0, 0.1) is 6.92 Å². The molecule has 1 unspecified atom stereocenters. The van der Waals surface area contributed by atoms with Crippen LogP contribution in [0.4, 0.5) is 0 Å². The molecule has 0 aliphatic heterocycles. The standard InChI is InChI=1S/C12H20N2OS.ClH/c1-4-6-12(3,13)11(15)14-8-10-9(2)5-7-16-10;/h5,7H,4,6,8,13H2,1-3H3,(H,14,15);1H. The molecule has 0 saturated carbocycles. The lowest BCUT2D eigenvalue weighted by atomic mass is 9.96. The highest BCUT2D eigenvalue weighted by molar-refractivity contribution is 7.10. The molecule has 1 aromatic rings. The van der Waals surface area contributed by atoms with Gasteiger partial charge in [-0.25, -0.2) is 0 Å². The predicted octanol–water partition coefficient (Wildman–Crippen LogP) is 2.61. The van der Waals surface area contributed by atoms with Crippen LogP contribution in [-0.4, -0.2) is 11.4 Å². The van der Waals surface area contributed by atoms with Crippen molar-refractivity contribution >= 4 is 29.7 Å². The van der Waals surface area contributed by atoms with Crippen molar-refractivity contribution in [2.75, 3.05) is 0 Å². The Morgan fingerprint density at radius 1 is 1.59 bits per heavy atom. The lowest BCUT2D eigenvalue weighted by Crippen LogP contribution is -2.51. The molecule has 3 N–H and O–H groups in total. The van der Waals surface area contributed by atoms with E-state index in [0.29, 0.717) is 13.0 Å². The molecular weight excluding hydrogens is 256 g/mol. The summed E-state index contributed by atoms with van der Waals surface area (Å²) in [6.45, 7) is 6.44. The van der Waals surface area contributed by atoms with Gasteiger partial charge >= 0.3 is 0 Å². The highest BCUT2D eigenvalue weighted by Crippen LogP contribution is 2.15. The summed E-state index contributed by atoms with van der Waals surface area (Å²) in [6, 6.07) is 2.06. The smallest absolute Gasteiger partial charge is 0.240 e. The van der Waals surface area contributed by atoms with Crippen LogP contribution in [0.3, 0.4) is 0 Å². The van der Waals surface area contributed by atoms with Crippen molar-refractivity contribution in [1.82, 2.24) is 5.32 Å². The highest BCUT2D eigenvalue weighted by atomic mass is 35.5. The molecule has 0 aliphatic carbocycles. The minimum absolute atomic E-state index is 0. The van der Waals surface area contributed by atoms with Crippen molar-refractivity contribution in [2.45, 2.75) is 45.7 Å². The van der Waals surface area contributed by atoms with Crippen LogP contribution in [-0.2, 0) is 11.3 Å². The van der Waals surface area contributed by atoms with Crippen molar-refractivity contribution in [2.24, 2.45) is 5.73 Å². The van der Waals surface area contributed by atoms with Gasteiger partial charge in [-0.1, -0.05) is 13.3 Å². The number of hydrogen-bond donors (Lipinski definition) is 2. The zero-order valence-corrected chi connectivity index (χ0v) is 12.2. The molecule has 1 amide bonds. The first-order chi connectivity index (χ1) is 7.47. The summed E-state index contributed by atoms with van der Waals surface area (Å²) in [6.07, 6.45) is 1.63. The monoisotopic (exact) mass is 276 g/mol. The maximum absolute atomic E-state index is 11.8. The van der Waals surface area contributed by atoms with Gasteiger partial charge in [-0.3, -0.25) is 4.79 Å². The predicted molar refractivity (Wildman–Crippen MR) is 75.7 cm³/mol. The van der Waals surface area contributed by atoms with Crippen LogP contribution in [0.1, 0.15) is 37.1 Å². The van der Waals surface area contributed by atoms with Crippen molar-refractivity contribution in [3.63, 3.8) is 0 Å². The maximum Gasteiger partial charge on any atom is 0.240 e. The third-order valence-corrected chi connectivity index (χ3v) is 3.69. The van der Waals surface area contributed by atoms with E-state index in [1.807, 2.05) is 19.2 Å². The van der Waals surface area contributed by atoms with Gasteiger partial charge in [-0.15, -0.1) is 23.7 Å². The van der Waals surface area contributed by atoms with E-state index in [9.17, 15) is 4.79 Å². The number of nitrogens with two attached hydrogens (primary N) is 1. The molecule has 0 fully saturated rings. The summed E-state index contributed by atoms with van der Waals surface area (Å²) < 4.78 is 0. The summed E-state index contributed by atoms with van der Waals surface area (Å²) in [5.41, 5.74) is 6.41. The molecule has 5 heteroatoms. The quantitative estimate of drug-likeness (QED) is 0.869. The third-order valence-electron chi connectivity index (χ3n) is 2.67. The molecule has 0 radical (unpaired) electrons. The average Bonchev–Trinajstić information content (AvgIpc) is 2.60. The Bertz CT molecular complexity index is 363. The molecule has 1 aromatic heterocycles. The van der Waals surface area contributed by atoms with Gasteiger partial charge < -0.3 is 11.1 Å². The van der Waals surface area contributed by atoms with E-state index >= 15 is 0 Å². The molecule has 0 spiro atoms. The summed E-state index contributed by atoms with van der Waals surface area (Å²) >= 11 is 1.66. The summed E-state index contributed by atoms with van der Waals surface area (Å²) in [5.74, 6) is -0.0675. The van der Waals surface area contributed by atoms with Gasteiger partial charge in [0.15, 0.2) is 0 Å². The molecule has 0 aliphatic rings. The zero-order chi connectivity index (χ0) is 12.2. The van der Waals surface area contributed by atoms with Gasteiger partial charge in [-0.05, 0) is 37.3 Å². The second kappa shape index (κ2) is 6.99. The molecule has 0 aromatic carbocycles. The maximum atomic E-state index is 11.8. The molecule has 17 heavy (non-hydrogen) atoms. The van der Waals surface area contributed by atoms with Crippen LogP contribution in [0.25, 0.3) is 0 Å². The van der Waals surface area contributed by atoms with Gasteiger partial charge in [0, 0.05) is 4.88 Å². The van der Waals surface area contributed by atoms with E-state index in [4.69, 9.17) is 5.73 Å². The normalized spacial score (nSPS) is 13.6. The molecular formula is C12H21ClN2OS. The summed E-state index contributed by atoms with van der Waals surface area (Å²) in [7, 11) is 0. The number of amides is 1. The van der Waals surface area contributed by atoms with E-state index in [1.165, 1.54) is 10.4 Å². The van der Waals surface area contributed by atoms with Crippen LogP contribution in [0.15, 0.2) is 11.4 Å². The number of thiophene rings is 1. The van der Waals surface area contributed by atoms with Crippen LogP contribution in [0.2, 0.25) is 0 Å². The van der Waals surface area contributed by atoms with Gasteiger partial charge in [0.2, 0.25) is 5.91 Å². The Labute approximate surface area is 113 Å². The van der Waals surface area contributed by atoms with Crippen LogP contribution < -0.4 is 11.1 Å². The Morgan fingerprint density at radius 2 is 2.24 bits per heavy atom. The number of halogens is 1. The van der Waals surface area contributed by atoms with Gasteiger partial charge in [0.25, 0.3) is 0 Å². The van der Waals surface area contributed by atoms with E-state index in [2.05, 4.69) is 11.4 Å². The first kappa shape index (κ1) is 16.4. The third kappa shape index (κ3) is 4.66. The number of carbonyl (C=O) groups is 1. The molecule has 0 bridgehead atoms. The Kier molecular flexibility index (Phi) is 6.75. The molecule has 3 nitrogen and oxygen atoms in total. The molecule has 1 rings (SSSR count).